The van der Waals surface area contributed by atoms with Gasteiger partial charge in [-0.3, -0.25) is 14.8 Å². The Balaban J connectivity index is 2.24. The molecule has 0 saturated carbocycles. The molecule has 10 heteroatoms. The molecule has 0 unspecified atom stereocenters. The van der Waals surface area contributed by atoms with Gasteiger partial charge in [-0.15, -0.1) is 0 Å². The van der Waals surface area contributed by atoms with Crippen LogP contribution in [-0.4, -0.2) is 78.3 Å². The summed E-state index contributed by atoms with van der Waals surface area (Å²) < 4.78 is 6.72. The van der Waals surface area contributed by atoms with E-state index >= 15 is 0 Å². The summed E-state index contributed by atoms with van der Waals surface area (Å²) in [6, 6.07) is 2.04. The minimum Gasteiger partial charge on any atom is -0.462 e. The van der Waals surface area contributed by atoms with Crippen LogP contribution in [0.4, 0.5) is 0 Å². The quantitative estimate of drug-likeness (QED) is 0.311. The van der Waals surface area contributed by atoms with Crippen LogP contribution >= 0.6 is 0 Å². The number of hydrogen-bond donors (Lipinski definition) is 3. The summed E-state index contributed by atoms with van der Waals surface area (Å²) >= 11 is 0. The van der Waals surface area contributed by atoms with E-state index in [4.69, 9.17) is 10.5 Å². The van der Waals surface area contributed by atoms with Crippen molar-refractivity contribution >= 4 is 17.8 Å². The summed E-state index contributed by atoms with van der Waals surface area (Å²) in [5.41, 5.74) is 7.82. The summed E-state index contributed by atoms with van der Waals surface area (Å²) in [5, 5.41) is 8.28. The van der Waals surface area contributed by atoms with E-state index in [1.807, 2.05) is 24.6 Å². The number of nitrogens with two attached hydrogens (primary N) is 2. The predicted octanol–water partition coefficient (Wildman–Crippen LogP) is -1.69. The van der Waals surface area contributed by atoms with Gasteiger partial charge in [0.15, 0.2) is 6.54 Å². The standard InChI is InChI=1S/C19H34N6O4/c1-4-29-19(28)14-22-18(27)13-21-17(26)6-5-8-24(9-7-20)10-11-25-16(3)12-15(2)23-25/h12H,4-11,13-14,20H2,1-3H3,(H,21,26)(H,22,27)/p+1. The Hall–Kier alpha value is -2.30. The number of rotatable bonds is 14. The van der Waals surface area contributed by atoms with Gasteiger partial charge in [-0.05, 0) is 39.8 Å². The van der Waals surface area contributed by atoms with Crippen molar-refractivity contribution in [2.24, 2.45) is 5.73 Å². The van der Waals surface area contributed by atoms with Gasteiger partial charge in [0.05, 0.1) is 18.8 Å². The second-order valence-electron chi connectivity index (χ2n) is 6.84. The van der Waals surface area contributed by atoms with Crippen molar-refractivity contribution in [3.63, 3.8) is 0 Å². The average Bonchev–Trinajstić information content (AvgIpc) is 3.00. The SMILES string of the molecule is CCOC(=O)C[NH2+]C(=O)CNC(=O)CCCN(CCN)CCn1nc(C)cc1C. The van der Waals surface area contributed by atoms with Crippen LogP contribution in [-0.2, 0) is 25.7 Å². The summed E-state index contributed by atoms with van der Waals surface area (Å²) in [6.07, 6.45) is 0.996. The second-order valence-corrected chi connectivity index (χ2v) is 6.84. The van der Waals surface area contributed by atoms with E-state index in [0.717, 1.165) is 37.6 Å². The summed E-state index contributed by atoms with van der Waals surface area (Å²) in [5.74, 6) is -0.942. The molecule has 29 heavy (non-hydrogen) atoms. The van der Waals surface area contributed by atoms with E-state index in [9.17, 15) is 14.4 Å². The Bertz CT molecular complexity index is 661. The van der Waals surface area contributed by atoms with E-state index < -0.39 is 5.97 Å². The highest BCUT2D eigenvalue weighted by Crippen LogP contribution is 2.03. The number of carbonyl (C=O) groups is 3. The zero-order chi connectivity index (χ0) is 21.6. The Morgan fingerprint density at radius 3 is 2.66 bits per heavy atom. The van der Waals surface area contributed by atoms with Gasteiger partial charge in [0.2, 0.25) is 5.91 Å². The Morgan fingerprint density at radius 2 is 2.03 bits per heavy atom. The van der Waals surface area contributed by atoms with Gasteiger partial charge in [-0.1, -0.05) is 0 Å². The third-order valence-corrected chi connectivity index (χ3v) is 4.32. The molecule has 10 nitrogen and oxygen atoms in total. The van der Waals surface area contributed by atoms with Gasteiger partial charge in [-0.2, -0.15) is 5.10 Å². The van der Waals surface area contributed by atoms with Crippen molar-refractivity contribution in [2.75, 3.05) is 45.9 Å². The maximum absolute atomic E-state index is 11.9. The van der Waals surface area contributed by atoms with Crippen LogP contribution in [0.3, 0.4) is 0 Å². The molecule has 0 aliphatic carbocycles. The number of aromatic nitrogens is 2. The molecule has 1 aromatic heterocycles. The lowest BCUT2D eigenvalue weighted by atomic mass is 10.2. The first-order valence-electron chi connectivity index (χ1n) is 10.1. The number of quaternary nitrogens is 1. The fourth-order valence-electron chi connectivity index (χ4n) is 2.88. The highest BCUT2D eigenvalue weighted by molar-refractivity contribution is 5.81. The molecule has 0 bridgehead atoms. The predicted molar refractivity (Wildman–Crippen MR) is 108 cm³/mol. The lowest BCUT2D eigenvalue weighted by Crippen LogP contribution is -2.91. The first kappa shape index (κ1) is 24.7. The molecule has 0 radical (unpaired) electrons. The summed E-state index contributed by atoms with van der Waals surface area (Å²) in [6.45, 7) is 9.42. The fourth-order valence-corrected chi connectivity index (χ4v) is 2.88. The van der Waals surface area contributed by atoms with Crippen LogP contribution in [0, 0.1) is 13.8 Å². The molecular weight excluding hydrogens is 376 g/mol. The van der Waals surface area contributed by atoms with Gasteiger partial charge < -0.3 is 20.7 Å². The van der Waals surface area contributed by atoms with Crippen LogP contribution in [0.2, 0.25) is 0 Å². The molecule has 0 spiro atoms. The average molecular weight is 412 g/mol. The lowest BCUT2D eigenvalue weighted by molar-refractivity contribution is -0.558. The minimum atomic E-state index is -0.451. The largest absolute Gasteiger partial charge is 0.462 e. The van der Waals surface area contributed by atoms with Crippen molar-refractivity contribution in [1.82, 2.24) is 20.0 Å². The molecule has 2 amide bonds. The topological polar surface area (TPSA) is 136 Å². The zero-order valence-electron chi connectivity index (χ0n) is 17.8. The van der Waals surface area contributed by atoms with E-state index in [0.29, 0.717) is 19.4 Å². The fraction of sp³-hybridized carbons (Fsp3) is 0.684. The first-order valence-corrected chi connectivity index (χ1v) is 10.1. The summed E-state index contributed by atoms with van der Waals surface area (Å²) in [4.78, 5) is 37.0. The van der Waals surface area contributed by atoms with Crippen molar-refractivity contribution in [2.45, 2.75) is 40.2 Å². The molecule has 0 atom stereocenters. The van der Waals surface area contributed by atoms with E-state index in [2.05, 4.69) is 15.3 Å². The molecule has 0 aliphatic rings. The second kappa shape index (κ2) is 13.8. The van der Waals surface area contributed by atoms with Gasteiger partial charge in [0, 0.05) is 31.7 Å². The molecule has 0 fully saturated rings. The van der Waals surface area contributed by atoms with Crippen molar-refractivity contribution in [3.8, 4) is 0 Å². The van der Waals surface area contributed by atoms with E-state index in [-0.39, 0.29) is 31.5 Å². The highest BCUT2D eigenvalue weighted by Gasteiger charge is 2.13. The Labute approximate surface area is 172 Å². The number of amides is 2. The third-order valence-electron chi connectivity index (χ3n) is 4.32. The van der Waals surface area contributed by atoms with E-state index in [1.165, 1.54) is 5.32 Å². The van der Waals surface area contributed by atoms with Crippen molar-refractivity contribution in [3.05, 3.63) is 17.5 Å². The van der Waals surface area contributed by atoms with Gasteiger partial charge in [-0.25, -0.2) is 9.59 Å². The normalized spacial score (nSPS) is 10.9. The number of carbonyl (C=O) groups excluding carboxylic acids is 3. The van der Waals surface area contributed by atoms with Crippen LogP contribution < -0.4 is 16.4 Å². The first-order chi connectivity index (χ1) is 13.8. The molecule has 0 saturated heterocycles. The molecule has 5 N–H and O–H groups in total. The molecule has 0 aromatic carbocycles. The number of nitrogens with zero attached hydrogens (tertiary/aromatic N) is 3. The Kier molecular flexibility index (Phi) is 11.8. The molecule has 1 heterocycles. The molecule has 164 valence electrons. The number of ether oxygens (including phenoxy) is 1. The number of esters is 1. The van der Waals surface area contributed by atoms with Crippen LogP contribution in [0.5, 0.6) is 0 Å². The van der Waals surface area contributed by atoms with Crippen molar-refractivity contribution in [1.29, 1.82) is 0 Å². The number of hydrogen-bond acceptors (Lipinski definition) is 7. The molecule has 1 rings (SSSR count). The minimum absolute atomic E-state index is 0.0775. The zero-order valence-corrected chi connectivity index (χ0v) is 17.8. The van der Waals surface area contributed by atoms with Crippen LogP contribution in [0.25, 0.3) is 0 Å². The third kappa shape index (κ3) is 10.7. The van der Waals surface area contributed by atoms with Crippen molar-refractivity contribution < 1.29 is 24.4 Å². The smallest absolute Gasteiger partial charge is 0.362 e. The van der Waals surface area contributed by atoms with Gasteiger partial charge >= 0.3 is 11.9 Å². The number of nitrogens with one attached hydrogen (secondary N) is 1. The maximum Gasteiger partial charge on any atom is 0.362 e. The number of primary amides is 1. The lowest BCUT2D eigenvalue weighted by Gasteiger charge is -2.21. The highest BCUT2D eigenvalue weighted by atomic mass is 16.5. The monoisotopic (exact) mass is 411 g/mol. The molecule has 0 aliphatic heterocycles. The van der Waals surface area contributed by atoms with Gasteiger partial charge in [0.1, 0.15) is 6.54 Å². The van der Waals surface area contributed by atoms with Crippen LogP contribution in [0.1, 0.15) is 31.2 Å². The van der Waals surface area contributed by atoms with Gasteiger partial charge in [0.25, 0.3) is 0 Å². The maximum atomic E-state index is 11.9. The van der Waals surface area contributed by atoms with E-state index in [1.54, 1.807) is 6.92 Å². The molecule has 1 aromatic rings. The molecular formula is C19H35N6O4+. The summed E-state index contributed by atoms with van der Waals surface area (Å²) in [7, 11) is 0. The number of aryl methyl sites for hydroxylation is 2. The van der Waals surface area contributed by atoms with Crippen LogP contribution in [0.15, 0.2) is 6.07 Å². The Morgan fingerprint density at radius 1 is 1.28 bits per heavy atom.